The van der Waals surface area contributed by atoms with E-state index in [2.05, 4.69) is 11.1 Å². The minimum absolute atomic E-state index is 0.517. The van der Waals surface area contributed by atoms with Crippen molar-refractivity contribution >= 4 is 11.6 Å². The van der Waals surface area contributed by atoms with Gasteiger partial charge >= 0.3 is 0 Å². The Morgan fingerprint density at radius 2 is 2.07 bits per heavy atom. The molecule has 1 aromatic heterocycles. The van der Waals surface area contributed by atoms with E-state index in [1.165, 1.54) is 25.0 Å². The van der Waals surface area contributed by atoms with Gasteiger partial charge in [0.05, 0.1) is 0 Å². The molecule has 2 unspecified atom stereocenters. The maximum Gasteiger partial charge on any atom is 0.129 e. The van der Waals surface area contributed by atoms with Crippen LogP contribution >= 0.6 is 11.6 Å². The fourth-order valence-corrected chi connectivity index (χ4v) is 4.22. The summed E-state index contributed by atoms with van der Waals surface area (Å²) in [6.45, 7) is 0. The number of aromatic nitrogens is 1. The minimum Gasteiger partial charge on any atom is -0.241 e. The lowest BCUT2D eigenvalue weighted by Gasteiger charge is -2.24. The summed E-state index contributed by atoms with van der Waals surface area (Å²) < 4.78 is 0. The van der Waals surface area contributed by atoms with Gasteiger partial charge in [-0.2, -0.15) is 0 Å². The third-order valence-electron chi connectivity index (χ3n) is 4.62. The number of fused-ring (bicyclic) bond motifs is 2. The first kappa shape index (κ1) is 7.70. The monoisotopic (exact) mass is 205 g/mol. The molecule has 3 fully saturated rings. The second-order valence-electron chi connectivity index (χ2n) is 4.95. The molecule has 2 heteroatoms. The van der Waals surface area contributed by atoms with E-state index >= 15 is 0 Å². The molecule has 0 radical (unpaired) electrons. The predicted octanol–water partition coefficient (Wildman–Crippen LogP) is 3.03. The van der Waals surface area contributed by atoms with Crippen molar-refractivity contribution in [1.82, 2.24) is 4.98 Å². The molecule has 1 aromatic rings. The summed E-state index contributed by atoms with van der Waals surface area (Å²) in [6.07, 6.45) is 4.29. The first-order valence-electron chi connectivity index (χ1n) is 5.48. The fourth-order valence-electron chi connectivity index (χ4n) is 4.06. The third kappa shape index (κ3) is 0.661. The minimum atomic E-state index is 0.517. The molecule has 14 heavy (non-hydrogen) atoms. The zero-order valence-electron chi connectivity index (χ0n) is 7.91. The summed E-state index contributed by atoms with van der Waals surface area (Å²) in [6, 6.07) is 6.09. The van der Waals surface area contributed by atoms with Crippen LogP contribution in [0.25, 0.3) is 0 Å². The van der Waals surface area contributed by atoms with E-state index in [0.717, 1.165) is 17.8 Å². The normalized spacial score (nSPS) is 47.1. The fraction of sp³-hybridized carbons (Fsp3) is 0.583. The number of nitrogens with zero attached hydrogens (tertiary/aromatic N) is 1. The SMILES string of the molecule is Clc1cccc(C23C4CCCC2C43)n1. The lowest BCUT2D eigenvalue weighted by atomic mass is 9.81. The van der Waals surface area contributed by atoms with E-state index in [0.29, 0.717) is 10.6 Å². The Balaban J connectivity index is 1.78. The van der Waals surface area contributed by atoms with Crippen molar-refractivity contribution in [2.24, 2.45) is 17.8 Å². The average Bonchev–Trinajstić information content (AvgIpc) is 3.07. The zero-order valence-corrected chi connectivity index (χ0v) is 8.67. The van der Waals surface area contributed by atoms with Gasteiger partial charge in [-0.05, 0) is 42.7 Å². The molecule has 1 nitrogen and oxygen atoms in total. The van der Waals surface area contributed by atoms with Crippen LogP contribution in [0.15, 0.2) is 18.2 Å². The third-order valence-corrected chi connectivity index (χ3v) is 4.83. The molecule has 3 saturated carbocycles. The number of pyridine rings is 1. The lowest BCUT2D eigenvalue weighted by molar-refractivity contribution is 0.312. The average molecular weight is 206 g/mol. The molecular weight excluding hydrogens is 194 g/mol. The second kappa shape index (κ2) is 2.16. The summed E-state index contributed by atoms with van der Waals surface area (Å²) in [7, 11) is 0. The highest BCUT2D eigenvalue weighted by Crippen LogP contribution is 2.88. The predicted molar refractivity (Wildman–Crippen MR) is 55.2 cm³/mol. The highest BCUT2D eigenvalue weighted by Gasteiger charge is 2.87. The molecule has 0 bridgehead atoms. The summed E-state index contributed by atoms with van der Waals surface area (Å²) in [5.74, 6) is 2.92. The largest absolute Gasteiger partial charge is 0.241 e. The summed E-state index contributed by atoms with van der Waals surface area (Å²) >= 11 is 5.94. The van der Waals surface area contributed by atoms with Crippen LogP contribution in [0.1, 0.15) is 25.0 Å². The van der Waals surface area contributed by atoms with Crippen LogP contribution in [-0.2, 0) is 5.41 Å². The smallest absolute Gasteiger partial charge is 0.129 e. The molecular formula is C12H12ClN. The summed E-state index contributed by atoms with van der Waals surface area (Å²) in [4.78, 5) is 4.50. The van der Waals surface area contributed by atoms with Crippen molar-refractivity contribution in [2.45, 2.75) is 24.7 Å². The highest BCUT2D eigenvalue weighted by atomic mass is 35.5. The molecule has 3 aliphatic carbocycles. The quantitative estimate of drug-likeness (QED) is 0.643. The van der Waals surface area contributed by atoms with Gasteiger partial charge < -0.3 is 0 Å². The van der Waals surface area contributed by atoms with Gasteiger partial charge in [-0.25, -0.2) is 4.98 Å². The van der Waals surface area contributed by atoms with Gasteiger partial charge in [-0.15, -0.1) is 0 Å². The molecule has 0 saturated heterocycles. The van der Waals surface area contributed by atoms with Crippen LogP contribution in [-0.4, -0.2) is 4.98 Å². The summed E-state index contributed by atoms with van der Waals surface area (Å²) in [5, 5.41) is 0.660. The van der Waals surface area contributed by atoms with Crippen molar-refractivity contribution in [1.29, 1.82) is 0 Å². The molecule has 0 aromatic carbocycles. The van der Waals surface area contributed by atoms with Crippen molar-refractivity contribution in [2.75, 3.05) is 0 Å². The Hall–Kier alpha value is -0.560. The topological polar surface area (TPSA) is 12.9 Å². The van der Waals surface area contributed by atoms with Crippen LogP contribution < -0.4 is 0 Å². The Labute approximate surface area is 88.5 Å². The van der Waals surface area contributed by atoms with Crippen molar-refractivity contribution in [3.63, 3.8) is 0 Å². The van der Waals surface area contributed by atoms with E-state index in [9.17, 15) is 0 Å². The van der Waals surface area contributed by atoms with Crippen LogP contribution in [0.5, 0.6) is 0 Å². The van der Waals surface area contributed by atoms with Gasteiger partial charge in [0, 0.05) is 11.1 Å². The lowest BCUT2D eigenvalue weighted by Crippen LogP contribution is -2.19. The number of hydrogen-bond donors (Lipinski definition) is 0. The van der Waals surface area contributed by atoms with Gasteiger partial charge in [0.15, 0.2) is 0 Å². The van der Waals surface area contributed by atoms with E-state index < -0.39 is 0 Å². The maximum atomic E-state index is 5.94. The second-order valence-corrected chi connectivity index (χ2v) is 5.34. The Kier molecular flexibility index (Phi) is 1.19. The molecule has 4 rings (SSSR count). The molecule has 0 amide bonds. The Morgan fingerprint density at radius 1 is 1.29 bits per heavy atom. The molecule has 1 heterocycles. The van der Waals surface area contributed by atoms with E-state index in [-0.39, 0.29) is 0 Å². The van der Waals surface area contributed by atoms with E-state index in [1.54, 1.807) is 0 Å². The van der Waals surface area contributed by atoms with E-state index in [1.807, 2.05) is 12.1 Å². The Bertz CT molecular complexity index is 393. The number of rotatable bonds is 1. The molecule has 0 N–H and O–H groups in total. The van der Waals surface area contributed by atoms with Gasteiger partial charge in [0.1, 0.15) is 5.15 Å². The number of halogens is 1. The first-order chi connectivity index (χ1) is 6.85. The molecule has 0 spiro atoms. The van der Waals surface area contributed by atoms with Crippen molar-refractivity contribution in [3.05, 3.63) is 29.0 Å². The van der Waals surface area contributed by atoms with E-state index in [4.69, 9.17) is 11.6 Å². The highest BCUT2D eigenvalue weighted by molar-refractivity contribution is 6.29. The summed E-state index contributed by atoms with van der Waals surface area (Å²) in [5.41, 5.74) is 1.80. The van der Waals surface area contributed by atoms with Gasteiger partial charge in [-0.3, -0.25) is 0 Å². The van der Waals surface area contributed by atoms with Crippen molar-refractivity contribution < 1.29 is 0 Å². The van der Waals surface area contributed by atoms with Gasteiger partial charge in [0.25, 0.3) is 0 Å². The molecule has 72 valence electrons. The van der Waals surface area contributed by atoms with Crippen LogP contribution in [0, 0.1) is 17.8 Å². The van der Waals surface area contributed by atoms with Gasteiger partial charge in [-0.1, -0.05) is 24.1 Å². The van der Waals surface area contributed by atoms with Crippen LogP contribution in [0.4, 0.5) is 0 Å². The molecule has 3 aliphatic rings. The van der Waals surface area contributed by atoms with Crippen molar-refractivity contribution in [3.8, 4) is 0 Å². The molecule has 2 atom stereocenters. The van der Waals surface area contributed by atoms with Gasteiger partial charge in [0.2, 0.25) is 0 Å². The number of hydrogen-bond acceptors (Lipinski definition) is 1. The van der Waals surface area contributed by atoms with Crippen LogP contribution in [0.3, 0.4) is 0 Å². The standard InChI is InChI=1S/C12H12ClN/c13-10-6-2-5-9(14-10)12-7-3-1-4-8(12)11(7)12/h2,5-8,11H,1,3-4H2. The maximum absolute atomic E-state index is 5.94. The van der Waals surface area contributed by atoms with Crippen LogP contribution in [0.2, 0.25) is 5.15 Å². The molecule has 0 aliphatic heterocycles. The Morgan fingerprint density at radius 3 is 2.71 bits per heavy atom. The first-order valence-corrected chi connectivity index (χ1v) is 5.86. The zero-order chi connectivity index (χ0) is 9.34.